The van der Waals surface area contributed by atoms with Gasteiger partial charge in [-0.05, 0) is 12.1 Å². The van der Waals surface area contributed by atoms with Crippen molar-refractivity contribution in [3.05, 3.63) is 24.3 Å². The fourth-order valence-corrected chi connectivity index (χ4v) is 1.58. The lowest BCUT2D eigenvalue weighted by molar-refractivity contribution is 0.416. The molecule has 2 nitrogen and oxygen atoms in total. The molecule has 0 aliphatic heterocycles. The fourth-order valence-electron chi connectivity index (χ4n) is 1.09. The summed E-state index contributed by atoms with van der Waals surface area (Å²) in [4.78, 5) is 4.28. The van der Waals surface area contributed by atoms with Crippen LogP contribution in [0.2, 0.25) is 19.6 Å². The third-order valence-corrected chi connectivity index (χ3v) is 2.69. The number of methoxy groups -OCH3 is 1. The van der Waals surface area contributed by atoms with Gasteiger partial charge in [-0.25, -0.2) is 4.99 Å². The minimum absolute atomic E-state index is 0.772. The average molecular weight is 231 g/mol. The Balaban J connectivity index is 2.80. The maximum atomic E-state index is 5.19. The molecule has 0 aliphatic carbocycles. The van der Waals surface area contributed by atoms with E-state index in [2.05, 4.69) is 36.1 Å². The van der Waals surface area contributed by atoms with Gasteiger partial charge in [0, 0.05) is 0 Å². The smallest absolute Gasteiger partial charge is 0.144 e. The van der Waals surface area contributed by atoms with Gasteiger partial charge in [-0.2, -0.15) is 0 Å². The Kier molecular flexibility index (Phi) is 4.33. The summed E-state index contributed by atoms with van der Waals surface area (Å²) in [5.74, 6) is 3.76. The maximum absolute atomic E-state index is 5.19. The SMILES string of the molecule is COc1ccccc1N=CC#C[Si](C)(C)C. The van der Waals surface area contributed by atoms with Gasteiger partial charge in [-0.3, -0.25) is 0 Å². The molecular weight excluding hydrogens is 214 g/mol. The van der Waals surface area contributed by atoms with Crippen LogP contribution in [0.15, 0.2) is 29.3 Å². The molecule has 0 atom stereocenters. The quantitative estimate of drug-likeness (QED) is 0.435. The molecule has 0 amide bonds. The lowest BCUT2D eigenvalue weighted by atomic mass is 10.3. The first kappa shape index (κ1) is 12.5. The molecule has 0 fully saturated rings. The second kappa shape index (κ2) is 5.52. The Morgan fingerprint density at radius 2 is 1.94 bits per heavy atom. The molecule has 1 aromatic carbocycles. The summed E-state index contributed by atoms with van der Waals surface area (Å²) in [6.07, 6.45) is 1.65. The highest BCUT2D eigenvalue weighted by molar-refractivity contribution is 6.84. The summed E-state index contributed by atoms with van der Waals surface area (Å²) in [6.45, 7) is 6.62. The van der Waals surface area contributed by atoms with Crippen LogP contribution < -0.4 is 4.74 Å². The van der Waals surface area contributed by atoms with Crippen molar-refractivity contribution in [1.82, 2.24) is 0 Å². The number of aliphatic imine (C=N–C) groups is 1. The van der Waals surface area contributed by atoms with Crippen molar-refractivity contribution in [1.29, 1.82) is 0 Å². The minimum Gasteiger partial charge on any atom is -0.494 e. The fraction of sp³-hybridized carbons (Fsp3) is 0.308. The topological polar surface area (TPSA) is 21.6 Å². The Morgan fingerprint density at radius 1 is 1.25 bits per heavy atom. The molecule has 1 rings (SSSR count). The van der Waals surface area contributed by atoms with Gasteiger partial charge >= 0.3 is 0 Å². The average Bonchev–Trinajstić information content (AvgIpc) is 2.23. The van der Waals surface area contributed by atoms with Crippen LogP contribution in [0.3, 0.4) is 0 Å². The van der Waals surface area contributed by atoms with E-state index in [9.17, 15) is 0 Å². The molecule has 16 heavy (non-hydrogen) atoms. The maximum Gasteiger partial charge on any atom is 0.144 e. The third-order valence-electron chi connectivity index (χ3n) is 1.80. The lowest BCUT2D eigenvalue weighted by Crippen LogP contribution is -2.16. The Morgan fingerprint density at radius 3 is 2.56 bits per heavy atom. The lowest BCUT2D eigenvalue weighted by Gasteiger charge is -2.02. The number of ether oxygens (including phenoxy) is 1. The summed E-state index contributed by atoms with van der Waals surface area (Å²) in [5, 5.41) is 0. The first-order chi connectivity index (χ1) is 7.53. The van der Waals surface area contributed by atoms with E-state index >= 15 is 0 Å². The predicted octanol–water partition coefficient (Wildman–Crippen LogP) is 3.28. The zero-order valence-electron chi connectivity index (χ0n) is 10.2. The molecule has 0 spiro atoms. The normalized spacial score (nSPS) is 11.0. The van der Waals surface area contributed by atoms with Gasteiger partial charge in [0.1, 0.15) is 19.5 Å². The molecule has 0 unspecified atom stereocenters. The molecule has 0 N–H and O–H groups in total. The van der Waals surface area contributed by atoms with Crippen LogP contribution >= 0.6 is 0 Å². The van der Waals surface area contributed by atoms with E-state index in [1.54, 1.807) is 13.3 Å². The number of benzene rings is 1. The highest BCUT2D eigenvalue weighted by Gasteiger charge is 2.06. The van der Waals surface area contributed by atoms with Crippen LogP contribution in [0.1, 0.15) is 0 Å². The molecule has 0 saturated heterocycles. The second-order valence-electron chi connectivity index (χ2n) is 4.45. The highest BCUT2D eigenvalue weighted by atomic mass is 28.3. The van der Waals surface area contributed by atoms with Gasteiger partial charge in [0.05, 0.1) is 13.3 Å². The van der Waals surface area contributed by atoms with Gasteiger partial charge in [0.25, 0.3) is 0 Å². The molecule has 0 saturated carbocycles. The monoisotopic (exact) mass is 231 g/mol. The molecule has 3 heteroatoms. The van der Waals surface area contributed by atoms with Crippen molar-refractivity contribution in [2.75, 3.05) is 7.11 Å². The van der Waals surface area contributed by atoms with Gasteiger partial charge in [-0.1, -0.05) is 37.7 Å². The van der Waals surface area contributed by atoms with Crippen LogP contribution in [-0.4, -0.2) is 21.4 Å². The first-order valence-electron chi connectivity index (χ1n) is 5.21. The number of para-hydroxylation sites is 2. The van der Waals surface area contributed by atoms with E-state index in [-0.39, 0.29) is 0 Å². The molecule has 0 radical (unpaired) electrons. The third kappa shape index (κ3) is 4.33. The largest absolute Gasteiger partial charge is 0.494 e. The molecule has 0 aliphatic rings. The molecule has 0 aromatic heterocycles. The van der Waals surface area contributed by atoms with Crippen molar-refractivity contribution in [3.8, 4) is 17.2 Å². The van der Waals surface area contributed by atoms with Crippen molar-refractivity contribution in [2.45, 2.75) is 19.6 Å². The van der Waals surface area contributed by atoms with E-state index in [1.165, 1.54) is 0 Å². The number of nitrogens with zero attached hydrogens (tertiary/aromatic N) is 1. The Bertz CT molecular complexity index is 435. The van der Waals surface area contributed by atoms with Gasteiger partial charge in [0.15, 0.2) is 0 Å². The summed E-state index contributed by atoms with van der Waals surface area (Å²) < 4.78 is 5.19. The summed E-state index contributed by atoms with van der Waals surface area (Å²) in [7, 11) is 0.340. The van der Waals surface area contributed by atoms with E-state index in [4.69, 9.17) is 4.74 Å². The number of hydrogen-bond acceptors (Lipinski definition) is 2. The zero-order valence-corrected chi connectivity index (χ0v) is 11.2. The first-order valence-corrected chi connectivity index (χ1v) is 8.71. The van der Waals surface area contributed by atoms with Crippen molar-refractivity contribution in [2.24, 2.45) is 4.99 Å². The van der Waals surface area contributed by atoms with Crippen molar-refractivity contribution >= 4 is 20.0 Å². The van der Waals surface area contributed by atoms with Crippen LogP contribution in [0.4, 0.5) is 5.69 Å². The zero-order chi connectivity index (χ0) is 12.0. The highest BCUT2D eigenvalue weighted by Crippen LogP contribution is 2.25. The van der Waals surface area contributed by atoms with E-state index in [0.29, 0.717) is 0 Å². The van der Waals surface area contributed by atoms with E-state index in [0.717, 1.165) is 11.4 Å². The molecular formula is C13H17NOSi. The molecule has 0 bridgehead atoms. The number of rotatable bonds is 2. The Hall–Kier alpha value is -1.53. The summed E-state index contributed by atoms with van der Waals surface area (Å²) in [6, 6.07) is 7.65. The molecule has 84 valence electrons. The Labute approximate surface area is 98.4 Å². The minimum atomic E-state index is -1.30. The van der Waals surface area contributed by atoms with Gasteiger partial charge in [0.2, 0.25) is 0 Å². The van der Waals surface area contributed by atoms with Crippen molar-refractivity contribution < 1.29 is 4.74 Å². The number of hydrogen-bond donors (Lipinski definition) is 0. The van der Waals surface area contributed by atoms with Gasteiger partial charge in [-0.15, -0.1) is 5.54 Å². The van der Waals surface area contributed by atoms with E-state index < -0.39 is 8.07 Å². The van der Waals surface area contributed by atoms with Crippen LogP contribution in [-0.2, 0) is 0 Å². The molecule has 0 heterocycles. The van der Waals surface area contributed by atoms with Gasteiger partial charge < -0.3 is 4.74 Å². The van der Waals surface area contributed by atoms with Crippen LogP contribution in [0.25, 0.3) is 0 Å². The van der Waals surface area contributed by atoms with Crippen LogP contribution in [0.5, 0.6) is 5.75 Å². The standard InChI is InChI=1S/C13H17NOSi/c1-15-13-9-6-5-8-12(13)14-10-7-11-16(2,3)4/h5-6,8-10H,1-4H3. The molecule has 1 aromatic rings. The summed E-state index contributed by atoms with van der Waals surface area (Å²) in [5.41, 5.74) is 4.04. The summed E-state index contributed by atoms with van der Waals surface area (Å²) >= 11 is 0. The van der Waals surface area contributed by atoms with Crippen molar-refractivity contribution in [3.63, 3.8) is 0 Å². The van der Waals surface area contributed by atoms with E-state index in [1.807, 2.05) is 24.3 Å². The predicted molar refractivity (Wildman–Crippen MR) is 72.3 cm³/mol. The second-order valence-corrected chi connectivity index (χ2v) is 9.20. The van der Waals surface area contributed by atoms with Crippen LogP contribution in [0, 0.1) is 11.5 Å².